The van der Waals surface area contributed by atoms with Crippen LogP contribution < -0.4 is 4.90 Å². The lowest BCUT2D eigenvalue weighted by molar-refractivity contribution is 0.669. The molecule has 1 aliphatic rings. The zero-order chi connectivity index (χ0) is 45.7. The van der Waals surface area contributed by atoms with Gasteiger partial charge in [-0.2, -0.15) is 0 Å². The Hall–Kier alpha value is -8.98. The number of furan rings is 1. The van der Waals surface area contributed by atoms with Gasteiger partial charge >= 0.3 is 0 Å². The number of hydrogen-bond donors (Lipinski definition) is 0. The Bertz CT molecular complexity index is 3700. The Morgan fingerprint density at radius 1 is 0.304 bits per heavy atom. The average molecular weight is 880 g/mol. The number of nitrogens with zero attached hydrogens (tertiary/aromatic N) is 1. The van der Waals surface area contributed by atoms with E-state index in [1.54, 1.807) is 0 Å². The van der Waals surface area contributed by atoms with Gasteiger partial charge in [0, 0.05) is 27.7 Å². The second-order valence-electron chi connectivity index (χ2n) is 18.0. The molecule has 0 unspecified atom stereocenters. The van der Waals surface area contributed by atoms with Crippen molar-refractivity contribution in [1.29, 1.82) is 0 Å². The molecule has 0 fully saturated rings. The number of hydrogen-bond acceptors (Lipinski definition) is 2. The van der Waals surface area contributed by atoms with E-state index in [1.165, 1.54) is 61.2 Å². The Morgan fingerprint density at radius 3 is 1.36 bits per heavy atom. The van der Waals surface area contributed by atoms with Crippen molar-refractivity contribution in [3.05, 3.63) is 295 Å². The van der Waals surface area contributed by atoms with Gasteiger partial charge in [-0.15, -0.1) is 0 Å². The fourth-order valence-electron chi connectivity index (χ4n) is 11.1. The fourth-order valence-corrected chi connectivity index (χ4v) is 11.1. The van der Waals surface area contributed by atoms with Crippen LogP contribution in [0.15, 0.2) is 277 Å². The summed E-state index contributed by atoms with van der Waals surface area (Å²) in [6, 6.07) is 99.3. The molecule has 1 heterocycles. The van der Waals surface area contributed by atoms with Crippen LogP contribution in [0.5, 0.6) is 0 Å². The first-order valence-corrected chi connectivity index (χ1v) is 23.7. The highest BCUT2D eigenvalue weighted by Gasteiger charge is 2.47. The summed E-state index contributed by atoms with van der Waals surface area (Å²) in [5, 5.41) is 2.26. The topological polar surface area (TPSA) is 16.4 Å². The highest BCUT2D eigenvalue weighted by atomic mass is 16.3. The SMILES string of the molecule is c1ccc(-c2cc(-c3ccccc3)cc(-c3ccc(N(c4ccc(-c5cccc6oc7ccccc7c56)cc4)c4cccc5c4-c4ccccc4C5(c4ccccc4)c4ccccc4)cc3)c2)cc1. The summed E-state index contributed by atoms with van der Waals surface area (Å²) in [7, 11) is 0. The van der Waals surface area contributed by atoms with E-state index in [0.717, 1.165) is 55.7 Å². The molecule has 1 aliphatic carbocycles. The molecule has 11 aromatic carbocycles. The van der Waals surface area contributed by atoms with Gasteiger partial charge in [-0.25, -0.2) is 0 Å². The van der Waals surface area contributed by atoms with Gasteiger partial charge in [-0.1, -0.05) is 212 Å². The highest BCUT2D eigenvalue weighted by molar-refractivity contribution is 6.12. The second kappa shape index (κ2) is 16.7. The van der Waals surface area contributed by atoms with Crippen molar-refractivity contribution in [2.75, 3.05) is 4.90 Å². The third-order valence-electron chi connectivity index (χ3n) is 14.1. The van der Waals surface area contributed by atoms with Crippen molar-refractivity contribution in [1.82, 2.24) is 0 Å². The molecule has 2 heteroatoms. The minimum Gasteiger partial charge on any atom is -0.456 e. The molecule has 324 valence electrons. The van der Waals surface area contributed by atoms with E-state index >= 15 is 0 Å². The van der Waals surface area contributed by atoms with Crippen LogP contribution in [-0.2, 0) is 5.41 Å². The summed E-state index contributed by atoms with van der Waals surface area (Å²) < 4.78 is 6.34. The maximum atomic E-state index is 6.34. The van der Waals surface area contributed by atoms with Crippen molar-refractivity contribution < 1.29 is 4.42 Å². The minimum absolute atomic E-state index is 0.532. The summed E-state index contributed by atoms with van der Waals surface area (Å²) >= 11 is 0. The first-order chi connectivity index (χ1) is 34.2. The summed E-state index contributed by atoms with van der Waals surface area (Å²) in [5.41, 5.74) is 21.4. The predicted octanol–water partition coefficient (Wildman–Crippen LogP) is 18.1. The van der Waals surface area contributed by atoms with E-state index in [2.05, 4.69) is 266 Å². The van der Waals surface area contributed by atoms with Gasteiger partial charge in [0.05, 0.1) is 11.1 Å². The van der Waals surface area contributed by atoms with Crippen LogP contribution in [0.1, 0.15) is 22.3 Å². The fraction of sp³-hybridized carbons (Fsp3) is 0.0149. The Kier molecular flexibility index (Phi) is 9.77. The number of fused-ring (bicyclic) bond motifs is 6. The molecule has 69 heavy (non-hydrogen) atoms. The van der Waals surface area contributed by atoms with Gasteiger partial charge in [-0.3, -0.25) is 0 Å². The van der Waals surface area contributed by atoms with Gasteiger partial charge in [0.2, 0.25) is 0 Å². The molecule has 1 aromatic heterocycles. The lowest BCUT2D eigenvalue weighted by atomic mass is 9.68. The number of rotatable bonds is 9. The first-order valence-electron chi connectivity index (χ1n) is 23.7. The maximum Gasteiger partial charge on any atom is 0.136 e. The third-order valence-corrected chi connectivity index (χ3v) is 14.1. The van der Waals surface area contributed by atoms with E-state index in [9.17, 15) is 0 Å². The molecular formula is C67H45NO. The zero-order valence-electron chi connectivity index (χ0n) is 37.8. The van der Waals surface area contributed by atoms with E-state index in [0.29, 0.717) is 0 Å². The average Bonchev–Trinajstić information content (AvgIpc) is 3.97. The van der Waals surface area contributed by atoms with Crippen LogP contribution in [-0.4, -0.2) is 0 Å². The summed E-state index contributed by atoms with van der Waals surface area (Å²) in [6.45, 7) is 0. The van der Waals surface area contributed by atoms with Crippen LogP contribution in [0.3, 0.4) is 0 Å². The molecule has 13 rings (SSSR count). The summed E-state index contributed by atoms with van der Waals surface area (Å²) in [5.74, 6) is 0. The summed E-state index contributed by atoms with van der Waals surface area (Å²) in [6.07, 6.45) is 0. The molecule has 0 atom stereocenters. The van der Waals surface area contributed by atoms with E-state index in [1.807, 2.05) is 12.1 Å². The number of anilines is 3. The van der Waals surface area contributed by atoms with Crippen molar-refractivity contribution in [3.63, 3.8) is 0 Å². The molecule has 0 bridgehead atoms. The number of para-hydroxylation sites is 1. The minimum atomic E-state index is -0.532. The van der Waals surface area contributed by atoms with Crippen LogP contribution in [0.25, 0.3) is 77.6 Å². The Balaban J connectivity index is 1.01. The number of benzene rings is 11. The molecule has 0 spiro atoms. The normalized spacial score (nSPS) is 12.5. The highest BCUT2D eigenvalue weighted by Crippen LogP contribution is 2.59. The Morgan fingerprint density at radius 2 is 0.754 bits per heavy atom. The van der Waals surface area contributed by atoms with E-state index < -0.39 is 5.41 Å². The van der Waals surface area contributed by atoms with Gasteiger partial charge < -0.3 is 9.32 Å². The van der Waals surface area contributed by atoms with E-state index in [4.69, 9.17) is 4.42 Å². The molecule has 2 nitrogen and oxygen atoms in total. The monoisotopic (exact) mass is 879 g/mol. The van der Waals surface area contributed by atoms with Crippen molar-refractivity contribution in [2.24, 2.45) is 0 Å². The standard InChI is InChI=1S/C67H45NO/c1-5-19-46(20-6-1)50-43-51(47-21-7-2-8-22-47)45-52(44-50)48-35-39-55(40-36-48)68(56-41-37-49(38-42-56)57-29-17-34-64-65(57)59-28-14-16-33-63(59)69-64)62-32-18-31-61-66(62)58-27-13-15-30-60(58)67(61,53-23-9-3-10-24-53)54-25-11-4-12-26-54/h1-45H. The molecule has 0 saturated heterocycles. The van der Waals surface area contributed by atoms with Crippen molar-refractivity contribution in [3.8, 4) is 55.6 Å². The van der Waals surface area contributed by atoms with Crippen molar-refractivity contribution in [2.45, 2.75) is 5.41 Å². The Labute approximate surface area is 402 Å². The predicted molar refractivity (Wildman–Crippen MR) is 287 cm³/mol. The van der Waals surface area contributed by atoms with Gasteiger partial charge in [0.1, 0.15) is 11.2 Å². The molecule has 0 radical (unpaired) electrons. The van der Waals surface area contributed by atoms with Gasteiger partial charge in [-0.05, 0) is 133 Å². The first kappa shape index (κ1) is 40.3. The van der Waals surface area contributed by atoms with Crippen LogP contribution >= 0.6 is 0 Å². The lowest BCUT2D eigenvalue weighted by Crippen LogP contribution is -2.28. The third kappa shape index (κ3) is 6.72. The van der Waals surface area contributed by atoms with Crippen LogP contribution in [0.2, 0.25) is 0 Å². The zero-order valence-corrected chi connectivity index (χ0v) is 37.8. The lowest BCUT2D eigenvalue weighted by Gasteiger charge is -2.34. The maximum absolute atomic E-state index is 6.34. The second-order valence-corrected chi connectivity index (χ2v) is 18.0. The molecule has 0 aliphatic heterocycles. The van der Waals surface area contributed by atoms with Gasteiger partial charge in [0.25, 0.3) is 0 Å². The van der Waals surface area contributed by atoms with Crippen molar-refractivity contribution >= 4 is 39.0 Å². The van der Waals surface area contributed by atoms with Crippen LogP contribution in [0, 0.1) is 0 Å². The molecular weight excluding hydrogens is 835 g/mol. The molecule has 12 aromatic rings. The van der Waals surface area contributed by atoms with Gasteiger partial charge in [0.15, 0.2) is 0 Å². The molecule has 0 amide bonds. The summed E-state index contributed by atoms with van der Waals surface area (Å²) in [4.78, 5) is 2.46. The smallest absolute Gasteiger partial charge is 0.136 e. The molecule has 0 N–H and O–H groups in total. The quantitative estimate of drug-likeness (QED) is 0.144. The largest absolute Gasteiger partial charge is 0.456 e. The van der Waals surface area contributed by atoms with Crippen LogP contribution in [0.4, 0.5) is 17.1 Å². The molecule has 0 saturated carbocycles. The van der Waals surface area contributed by atoms with E-state index in [-0.39, 0.29) is 0 Å².